The second-order valence-electron chi connectivity index (χ2n) is 5.27. The Morgan fingerprint density at radius 2 is 1.72 bits per heavy atom. The molecule has 0 saturated carbocycles. The van der Waals surface area contributed by atoms with Crippen LogP contribution in [0.2, 0.25) is 10.0 Å². The molecule has 0 unspecified atom stereocenters. The van der Waals surface area contributed by atoms with Gasteiger partial charge in [-0.1, -0.05) is 29.3 Å². The summed E-state index contributed by atoms with van der Waals surface area (Å²) in [6.45, 7) is 0.979. The average molecular weight is 410 g/mol. The zero-order chi connectivity index (χ0) is 18.6. The average Bonchev–Trinajstić information content (AvgIpc) is 2.54. The van der Waals surface area contributed by atoms with Crippen LogP contribution < -0.4 is 5.32 Å². The van der Waals surface area contributed by atoms with Gasteiger partial charge in [-0.15, -0.1) is 0 Å². The molecule has 0 atom stereocenters. The number of halogens is 2. The molecule has 1 aliphatic heterocycles. The largest absolute Gasteiger partial charge is 0.453 e. The van der Waals surface area contributed by atoms with Crippen molar-refractivity contribution in [3.8, 4) is 0 Å². The molecule has 0 spiro atoms. The number of hydrogen-bond acceptors (Lipinski definition) is 6. The van der Waals surface area contributed by atoms with Crippen molar-refractivity contribution in [2.45, 2.75) is 4.90 Å². The number of nitrogens with zero attached hydrogens (tertiary/aromatic N) is 2. The maximum Gasteiger partial charge on any atom is 0.413 e. The van der Waals surface area contributed by atoms with Crippen LogP contribution in [0, 0.1) is 0 Å². The molecule has 25 heavy (non-hydrogen) atoms. The van der Waals surface area contributed by atoms with Crippen molar-refractivity contribution in [2.75, 3.05) is 39.8 Å². The lowest BCUT2D eigenvalue weighted by Crippen LogP contribution is -2.51. The van der Waals surface area contributed by atoms with E-state index in [1.165, 1.54) is 16.4 Å². The molecule has 1 fully saturated rings. The summed E-state index contributed by atoms with van der Waals surface area (Å²) in [6.07, 6.45) is -0.834. The first-order valence-electron chi connectivity index (χ1n) is 7.30. The van der Waals surface area contributed by atoms with Gasteiger partial charge >= 0.3 is 6.09 Å². The highest BCUT2D eigenvalue weighted by Crippen LogP contribution is 2.31. The Bertz CT molecular complexity index is 743. The van der Waals surface area contributed by atoms with Crippen LogP contribution in [0.5, 0.6) is 0 Å². The van der Waals surface area contributed by atoms with E-state index in [1.54, 1.807) is 11.0 Å². The van der Waals surface area contributed by atoms with Gasteiger partial charge in [0.05, 0.1) is 23.7 Å². The monoisotopic (exact) mass is 409 g/mol. The van der Waals surface area contributed by atoms with Gasteiger partial charge in [0.25, 0.3) is 0 Å². The molecule has 2 amide bonds. The highest BCUT2D eigenvalue weighted by atomic mass is 35.5. The van der Waals surface area contributed by atoms with Crippen molar-refractivity contribution in [2.24, 2.45) is 0 Å². The number of nitrogens with one attached hydrogen (secondary N) is 1. The van der Waals surface area contributed by atoms with Gasteiger partial charge in [0, 0.05) is 26.2 Å². The van der Waals surface area contributed by atoms with Crippen molar-refractivity contribution in [3.05, 3.63) is 28.2 Å². The van der Waals surface area contributed by atoms with Crippen molar-refractivity contribution in [3.63, 3.8) is 0 Å². The van der Waals surface area contributed by atoms with Gasteiger partial charge < -0.3 is 4.74 Å². The maximum absolute atomic E-state index is 12.7. The number of carbonyl (C=O) groups is 2. The zero-order valence-corrected chi connectivity index (χ0v) is 15.7. The standard InChI is InChI=1S/C14H17Cl2N3O5S/c1-24-14(21)17-12(20)9-18-5-7-19(8-6-18)25(22,23)13-10(15)3-2-4-11(13)16/h2-4H,5-9H2,1H3,(H,17,20,21). The van der Waals surface area contributed by atoms with E-state index in [0.717, 1.165) is 7.11 Å². The fraction of sp³-hybridized carbons (Fsp3) is 0.429. The fourth-order valence-corrected chi connectivity index (χ4v) is 4.91. The molecule has 1 N–H and O–H groups in total. The molecule has 1 saturated heterocycles. The Morgan fingerprint density at radius 3 is 2.24 bits per heavy atom. The molecule has 0 aliphatic carbocycles. The molecule has 1 aliphatic rings. The van der Waals surface area contributed by atoms with E-state index < -0.39 is 22.0 Å². The Morgan fingerprint density at radius 1 is 1.16 bits per heavy atom. The van der Waals surface area contributed by atoms with Crippen LogP contribution in [-0.2, 0) is 19.6 Å². The lowest BCUT2D eigenvalue weighted by molar-refractivity contribution is -0.121. The Hall–Kier alpha value is -1.39. The summed E-state index contributed by atoms with van der Waals surface area (Å²) in [6, 6.07) is 4.50. The Balaban J connectivity index is 2.00. The predicted octanol–water partition coefficient (Wildman–Crippen LogP) is 1.18. The van der Waals surface area contributed by atoms with Crippen LogP contribution in [0.25, 0.3) is 0 Å². The first-order valence-corrected chi connectivity index (χ1v) is 9.49. The van der Waals surface area contributed by atoms with Crippen molar-refractivity contribution < 1.29 is 22.7 Å². The summed E-state index contributed by atoms with van der Waals surface area (Å²) >= 11 is 12.0. The van der Waals surface area contributed by atoms with Gasteiger partial charge in [-0.25, -0.2) is 13.2 Å². The number of sulfonamides is 1. The summed E-state index contributed by atoms with van der Waals surface area (Å²) in [5.74, 6) is -0.516. The van der Waals surface area contributed by atoms with Gasteiger partial charge in [0.15, 0.2) is 0 Å². The van der Waals surface area contributed by atoms with Crippen molar-refractivity contribution in [1.82, 2.24) is 14.5 Å². The normalized spacial score (nSPS) is 16.4. The lowest BCUT2D eigenvalue weighted by Gasteiger charge is -2.33. The topological polar surface area (TPSA) is 96.0 Å². The molecular formula is C14H17Cl2N3O5S. The third-order valence-electron chi connectivity index (χ3n) is 3.64. The molecule has 138 valence electrons. The first-order chi connectivity index (χ1) is 11.8. The van der Waals surface area contributed by atoms with Gasteiger partial charge in [0.1, 0.15) is 4.90 Å². The summed E-state index contributed by atoms with van der Waals surface area (Å²) in [5.41, 5.74) is 0. The van der Waals surface area contributed by atoms with E-state index in [2.05, 4.69) is 10.1 Å². The van der Waals surface area contributed by atoms with Crippen LogP contribution >= 0.6 is 23.2 Å². The number of imide groups is 1. The third kappa shape index (κ3) is 4.83. The minimum absolute atomic E-state index is 0.0319. The van der Waals surface area contributed by atoms with Gasteiger partial charge in [-0.2, -0.15) is 4.31 Å². The molecule has 0 aromatic heterocycles. The van der Waals surface area contributed by atoms with E-state index in [9.17, 15) is 18.0 Å². The third-order valence-corrected chi connectivity index (χ3v) is 6.50. The summed E-state index contributed by atoms with van der Waals surface area (Å²) < 4.78 is 31.1. The van der Waals surface area contributed by atoms with Crippen LogP contribution in [0.1, 0.15) is 0 Å². The van der Waals surface area contributed by atoms with E-state index in [4.69, 9.17) is 23.2 Å². The molecule has 1 heterocycles. The van der Waals surface area contributed by atoms with Crippen LogP contribution in [-0.4, -0.2) is 69.5 Å². The number of alkyl carbamates (subject to hydrolysis) is 1. The number of ether oxygens (including phenoxy) is 1. The van der Waals surface area contributed by atoms with E-state index in [1.807, 2.05) is 0 Å². The Labute approximate surface area is 155 Å². The summed E-state index contributed by atoms with van der Waals surface area (Å²) in [7, 11) is -2.67. The Kier molecular flexibility index (Phi) is 6.64. The number of rotatable bonds is 4. The molecular weight excluding hydrogens is 393 g/mol. The molecule has 1 aromatic carbocycles. The molecule has 0 bridgehead atoms. The van der Waals surface area contributed by atoms with E-state index in [0.29, 0.717) is 13.1 Å². The highest BCUT2D eigenvalue weighted by molar-refractivity contribution is 7.89. The van der Waals surface area contributed by atoms with E-state index >= 15 is 0 Å². The highest BCUT2D eigenvalue weighted by Gasteiger charge is 2.32. The van der Waals surface area contributed by atoms with Crippen LogP contribution in [0.3, 0.4) is 0 Å². The number of methoxy groups -OCH3 is 1. The number of benzene rings is 1. The number of piperazine rings is 1. The van der Waals surface area contributed by atoms with Crippen molar-refractivity contribution in [1.29, 1.82) is 0 Å². The minimum Gasteiger partial charge on any atom is -0.453 e. The predicted molar refractivity (Wildman–Crippen MR) is 92.2 cm³/mol. The molecule has 1 aromatic rings. The van der Waals surface area contributed by atoms with Crippen LogP contribution in [0.15, 0.2) is 23.1 Å². The molecule has 0 radical (unpaired) electrons. The molecule has 11 heteroatoms. The van der Waals surface area contributed by atoms with Crippen molar-refractivity contribution >= 4 is 45.2 Å². The van der Waals surface area contributed by atoms with E-state index in [-0.39, 0.29) is 34.6 Å². The second-order valence-corrected chi connectivity index (χ2v) is 7.96. The first kappa shape index (κ1) is 19.9. The molecule has 8 nitrogen and oxygen atoms in total. The zero-order valence-electron chi connectivity index (χ0n) is 13.4. The lowest BCUT2D eigenvalue weighted by atomic mass is 10.3. The maximum atomic E-state index is 12.7. The second kappa shape index (κ2) is 8.33. The number of carbonyl (C=O) groups excluding carboxylic acids is 2. The fourth-order valence-electron chi connectivity index (χ4n) is 2.39. The van der Waals surface area contributed by atoms with Gasteiger partial charge in [-0.05, 0) is 12.1 Å². The number of hydrogen-bond donors (Lipinski definition) is 1. The quantitative estimate of drug-likeness (QED) is 0.801. The summed E-state index contributed by atoms with van der Waals surface area (Å²) in [4.78, 5) is 24.3. The number of amides is 2. The van der Waals surface area contributed by atoms with Gasteiger partial charge in [-0.3, -0.25) is 15.0 Å². The smallest absolute Gasteiger partial charge is 0.413 e. The SMILES string of the molecule is COC(=O)NC(=O)CN1CCN(S(=O)(=O)c2c(Cl)cccc2Cl)CC1. The molecule has 2 rings (SSSR count). The minimum atomic E-state index is -3.83. The van der Waals surface area contributed by atoms with Crippen LogP contribution in [0.4, 0.5) is 4.79 Å². The summed E-state index contributed by atoms with van der Waals surface area (Å²) in [5, 5.41) is 2.18. The van der Waals surface area contributed by atoms with Gasteiger partial charge in [0.2, 0.25) is 15.9 Å².